The standard InChI is InChI=1S/C27H33ClN4O7.C2H6/c1-27(2,3)39-26(36)31-11-12-32-19(13-31)22(18(14-33)29-32)21-17(28)9-7-15-16(8-10-20(34)37-5)24(25(35)38-6)30(4)23(15)21;1-2/h7,9,33H,8,10-14H2,1-6H3;1-2H3. The van der Waals surface area contributed by atoms with Crippen molar-refractivity contribution in [3.05, 3.63) is 39.8 Å². The maximum absolute atomic E-state index is 12.9. The van der Waals surface area contributed by atoms with Crippen molar-refractivity contribution in [2.45, 2.75) is 72.8 Å². The zero-order valence-electron chi connectivity index (χ0n) is 25.0. The first-order valence-corrected chi connectivity index (χ1v) is 13.9. The second-order valence-corrected chi connectivity index (χ2v) is 10.7. The van der Waals surface area contributed by atoms with Crippen LogP contribution < -0.4 is 0 Å². The van der Waals surface area contributed by atoms with Crippen LogP contribution in [0.5, 0.6) is 0 Å². The van der Waals surface area contributed by atoms with Crippen LogP contribution in [-0.4, -0.2) is 68.8 Å². The number of aromatic nitrogens is 3. The third-order valence-corrected chi connectivity index (χ3v) is 7.01. The van der Waals surface area contributed by atoms with Crippen LogP contribution in [0.3, 0.4) is 0 Å². The predicted molar refractivity (Wildman–Crippen MR) is 155 cm³/mol. The molecule has 41 heavy (non-hydrogen) atoms. The zero-order chi connectivity index (χ0) is 30.6. The summed E-state index contributed by atoms with van der Waals surface area (Å²) in [6.07, 6.45) is -0.151. The SMILES string of the molecule is CC.COC(=O)CCc1c(C(=O)OC)n(C)c2c(-c3c(CO)nn4c3CN(C(=O)OC(C)(C)C)CC4)c(Cl)ccc12. The van der Waals surface area contributed by atoms with Crippen molar-refractivity contribution in [3.8, 4) is 11.1 Å². The summed E-state index contributed by atoms with van der Waals surface area (Å²) in [5, 5.41) is 16.0. The van der Waals surface area contributed by atoms with Crippen LogP contribution in [0.25, 0.3) is 22.0 Å². The number of methoxy groups -OCH3 is 2. The number of esters is 2. The van der Waals surface area contributed by atoms with Gasteiger partial charge in [-0.2, -0.15) is 5.10 Å². The first kappa shape index (κ1) is 32.0. The van der Waals surface area contributed by atoms with Gasteiger partial charge in [-0.05, 0) is 38.8 Å². The molecule has 0 saturated carbocycles. The second-order valence-electron chi connectivity index (χ2n) is 10.3. The Hall–Kier alpha value is -3.57. The molecule has 2 aromatic heterocycles. The third-order valence-electron chi connectivity index (χ3n) is 6.70. The average Bonchev–Trinajstić information content (AvgIpc) is 3.45. The van der Waals surface area contributed by atoms with Crippen LogP contribution in [-0.2, 0) is 52.2 Å². The Labute approximate surface area is 244 Å². The van der Waals surface area contributed by atoms with E-state index in [1.165, 1.54) is 14.2 Å². The Morgan fingerprint density at radius 1 is 1.07 bits per heavy atom. The number of halogens is 1. The van der Waals surface area contributed by atoms with Crippen LogP contribution in [0.1, 0.15) is 68.5 Å². The normalized spacial score (nSPS) is 12.9. The summed E-state index contributed by atoms with van der Waals surface area (Å²) in [5.41, 5.74) is 3.07. The molecule has 4 rings (SSSR count). The molecular weight excluding hydrogens is 552 g/mol. The van der Waals surface area contributed by atoms with E-state index in [1.54, 1.807) is 54.1 Å². The van der Waals surface area contributed by atoms with E-state index < -0.39 is 23.6 Å². The number of carbonyl (C=O) groups excluding carboxylic acids is 3. The molecule has 3 aromatic rings. The number of amides is 1. The van der Waals surface area contributed by atoms with Crippen molar-refractivity contribution in [3.63, 3.8) is 0 Å². The summed E-state index contributed by atoms with van der Waals surface area (Å²) in [4.78, 5) is 39.3. The van der Waals surface area contributed by atoms with Gasteiger partial charge in [-0.25, -0.2) is 9.59 Å². The summed E-state index contributed by atoms with van der Waals surface area (Å²) in [6.45, 7) is 10.0. The molecule has 224 valence electrons. The van der Waals surface area contributed by atoms with Crippen LogP contribution in [0.15, 0.2) is 12.1 Å². The second kappa shape index (κ2) is 12.9. The molecule has 11 nitrogen and oxygen atoms in total. The lowest BCUT2D eigenvalue weighted by Gasteiger charge is -2.31. The van der Waals surface area contributed by atoms with E-state index in [-0.39, 0.29) is 31.7 Å². The minimum absolute atomic E-state index is 0.0630. The average molecular weight is 591 g/mol. The third kappa shape index (κ3) is 6.36. The number of ether oxygens (including phenoxy) is 3. The number of hydrogen-bond donors (Lipinski definition) is 1. The number of hydrogen-bond acceptors (Lipinski definition) is 8. The Morgan fingerprint density at radius 3 is 2.34 bits per heavy atom. The van der Waals surface area contributed by atoms with Crippen molar-refractivity contribution >= 4 is 40.5 Å². The number of rotatable bonds is 6. The van der Waals surface area contributed by atoms with Crippen molar-refractivity contribution in [1.29, 1.82) is 0 Å². The maximum atomic E-state index is 12.9. The van der Waals surface area contributed by atoms with E-state index >= 15 is 0 Å². The molecule has 1 N–H and O–H groups in total. The first-order valence-electron chi connectivity index (χ1n) is 13.5. The molecule has 1 aliphatic heterocycles. The number of nitrogens with zero attached hydrogens (tertiary/aromatic N) is 4. The minimum atomic E-state index is -0.656. The molecule has 1 aliphatic rings. The summed E-state index contributed by atoms with van der Waals surface area (Å²) < 4.78 is 18.9. The zero-order valence-corrected chi connectivity index (χ0v) is 25.7. The molecule has 0 radical (unpaired) electrons. The van der Waals surface area contributed by atoms with E-state index in [1.807, 2.05) is 13.8 Å². The molecule has 1 aromatic carbocycles. The molecule has 0 unspecified atom stereocenters. The fraction of sp³-hybridized carbons (Fsp3) is 0.517. The van der Waals surface area contributed by atoms with E-state index in [0.717, 1.165) is 0 Å². The van der Waals surface area contributed by atoms with Crippen molar-refractivity contribution in [1.82, 2.24) is 19.2 Å². The summed E-state index contributed by atoms with van der Waals surface area (Å²) in [6, 6.07) is 3.50. The molecule has 3 heterocycles. The molecule has 0 fully saturated rings. The van der Waals surface area contributed by atoms with Gasteiger partial charge in [0.2, 0.25) is 0 Å². The molecule has 0 bridgehead atoms. The van der Waals surface area contributed by atoms with Gasteiger partial charge in [0.25, 0.3) is 0 Å². The largest absolute Gasteiger partial charge is 0.469 e. The van der Waals surface area contributed by atoms with Crippen molar-refractivity contribution < 1.29 is 33.7 Å². The number of benzene rings is 1. The Bertz CT molecular complexity index is 1450. The number of aliphatic hydroxyl groups is 1. The quantitative estimate of drug-likeness (QED) is 0.319. The molecular formula is C29H39ClN4O7. The Balaban J connectivity index is 0.00000226. The molecule has 0 spiro atoms. The summed E-state index contributed by atoms with van der Waals surface area (Å²) in [5.74, 6) is -0.973. The lowest BCUT2D eigenvalue weighted by Crippen LogP contribution is -2.41. The Morgan fingerprint density at radius 2 is 1.76 bits per heavy atom. The fourth-order valence-electron chi connectivity index (χ4n) is 5.03. The molecule has 0 atom stereocenters. The number of aliphatic hydroxyl groups excluding tert-OH is 1. The fourth-order valence-corrected chi connectivity index (χ4v) is 5.28. The smallest absolute Gasteiger partial charge is 0.410 e. The van der Waals surface area contributed by atoms with Crippen LogP contribution in [0.4, 0.5) is 4.79 Å². The van der Waals surface area contributed by atoms with Gasteiger partial charge in [0, 0.05) is 36.5 Å². The van der Waals surface area contributed by atoms with Crippen molar-refractivity contribution in [2.75, 3.05) is 20.8 Å². The number of aryl methyl sites for hydroxylation is 2. The highest BCUT2D eigenvalue weighted by Gasteiger charge is 2.33. The highest BCUT2D eigenvalue weighted by Crippen LogP contribution is 2.43. The number of fused-ring (bicyclic) bond motifs is 2. The van der Waals surface area contributed by atoms with E-state index in [2.05, 4.69) is 5.10 Å². The highest BCUT2D eigenvalue weighted by atomic mass is 35.5. The molecule has 12 heteroatoms. The van der Waals surface area contributed by atoms with Crippen LogP contribution in [0.2, 0.25) is 5.02 Å². The lowest BCUT2D eigenvalue weighted by atomic mass is 9.97. The van der Waals surface area contributed by atoms with Crippen LogP contribution in [0, 0.1) is 0 Å². The lowest BCUT2D eigenvalue weighted by molar-refractivity contribution is -0.140. The van der Waals surface area contributed by atoms with Gasteiger partial charge in [-0.3, -0.25) is 9.48 Å². The topological polar surface area (TPSA) is 125 Å². The van der Waals surface area contributed by atoms with Gasteiger partial charge in [0.15, 0.2) is 0 Å². The van der Waals surface area contributed by atoms with Gasteiger partial charge in [-0.1, -0.05) is 31.5 Å². The monoisotopic (exact) mass is 590 g/mol. The van der Waals surface area contributed by atoms with E-state index in [0.29, 0.717) is 57.1 Å². The van der Waals surface area contributed by atoms with Gasteiger partial charge >= 0.3 is 18.0 Å². The molecule has 0 saturated heterocycles. The first-order chi connectivity index (χ1) is 19.4. The minimum Gasteiger partial charge on any atom is -0.469 e. The van der Waals surface area contributed by atoms with Gasteiger partial charge in [0.1, 0.15) is 11.3 Å². The van der Waals surface area contributed by atoms with Crippen molar-refractivity contribution in [2.24, 2.45) is 7.05 Å². The summed E-state index contributed by atoms with van der Waals surface area (Å²) in [7, 11) is 4.32. The predicted octanol–water partition coefficient (Wildman–Crippen LogP) is 4.86. The van der Waals surface area contributed by atoms with E-state index in [9.17, 15) is 19.5 Å². The molecule has 1 amide bonds. The van der Waals surface area contributed by atoms with Gasteiger partial charge in [0.05, 0.1) is 55.8 Å². The number of carbonyl (C=O) groups is 3. The summed E-state index contributed by atoms with van der Waals surface area (Å²) >= 11 is 6.82. The van der Waals surface area contributed by atoms with Gasteiger partial charge < -0.3 is 28.8 Å². The van der Waals surface area contributed by atoms with Crippen LogP contribution >= 0.6 is 11.6 Å². The highest BCUT2D eigenvalue weighted by molar-refractivity contribution is 6.35. The van der Waals surface area contributed by atoms with Gasteiger partial charge in [-0.15, -0.1) is 0 Å². The maximum Gasteiger partial charge on any atom is 0.410 e. The van der Waals surface area contributed by atoms with E-state index in [4.69, 9.17) is 25.8 Å². The Kier molecular flexibility index (Phi) is 10.1. The molecule has 0 aliphatic carbocycles.